The first kappa shape index (κ1) is 13.0. The predicted octanol–water partition coefficient (Wildman–Crippen LogP) is 1.78. The molecule has 90 valence electrons. The zero-order chi connectivity index (χ0) is 12.0. The van der Waals surface area contributed by atoms with E-state index < -0.39 is 0 Å². The minimum atomic E-state index is -0.352. The number of para-hydroxylation sites is 1. The molecular weight excluding hydrogens is 202 g/mol. The fourth-order valence-electron chi connectivity index (χ4n) is 1.66. The first-order valence-corrected chi connectivity index (χ1v) is 5.72. The molecule has 0 spiro atoms. The molecule has 0 amide bonds. The van der Waals surface area contributed by atoms with Crippen LogP contribution < -0.4 is 10.5 Å². The normalized spacial score (nSPS) is 12.5. The van der Waals surface area contributed by atoms with Gasteiger partial charge in [0, 0.05) is 6.42 Å². The maximum atomic E-state index is 9.51. The van der Waals surface area contributed by atoms with Crippen LogP contribution in [0.1, 0.15) is 24.0 Å². The van der Waals surface area contributed by atoms with E-state index in [2.05, 4.69) is 0 Å². The van der Waals surface area contributed by atoms with Crippen molar-refractivity contribution in [1.29, 1.82) is 0 Å². The molecule has 0 saturated carbocycles. The molecule has 3 heteroatoms. The van der Waals surface area contributed by atoms with Crippen molar-refractivity contribution in [3.63, 3.8) is 0 Å². The molecule has 0 radical (unpaired) electrons. The Morgan fingerprint density at radius 3 is 2.44 bits per heavy atom. The highest BCUT2D eigenvalue weighted by Crippen LogP contribution is 2.22. The van der Waals surface area contributed by atoms with E-state index in [9.17, 15) is 5.11 Å². The van der Waals surface area contributed by atoms with Gasteiger partial charge in [-0.2, -0.15) is 0 Å². The first-order valence-electron chi connectivity index (χ1n) is 5.72. The maximum absolute atomic E-state index is 9.51. The van der Waals surface area contributed by atoms with Gasteiger partial charge in [0.15, 0.2) is 0 Å². The van der Waals surface area contributed by atoms with Gasteiger partial charge in [-0.25, -0.2) is 0 Å². The zero-order valence-electron chi connectivity index (χ0n) is 10.1. The molecule has 1 rings (SSSR count). The zero-order valence-corrected chi connectivity index (χ0v) is 10.1. The Morgan fingerprint density at radius 2 is 1.88 bits per heavy atom. The SMILES string of the molecule is Cc1cccc(C)c1OCCC(O)CCN. The number of benzene rings is 1. The number of hydrogen-bond donors (Lipinski definition) is 2. The Balaban J connectivity index is 2.43. The van der Waals surface area contributed by atoms with E-state index in [0.717, 1.165) is 16.9 Å². The van der Waals surface area contributed by atoms with Gasteiger partial charge in [0.1, 0.15) is 5.75 Å². The van der Waals surface area contributed by atoms with Crippen molar-refractivity contribution in [2.24, 2.45) is 5.73 Å². The molecule has 0 aliphatic heterocycles. The summed E-state index contributed by atoms with van der Waals surface area (Å²) in [6, 6.07) is 6.07. The monoisotopic (exact) mass is 223 g/mol. The third-order valence-corrected chi connectivity index (χ3v) is 2.61. The summed E-state index contributed by atoms with van der Waals surface area (Å²) in [7, 11) is 0. The summed E-state index contributed by atoms with van der Waals surface area (Å²) in [6.07, 6.45) is 0.912. The number of aliphatic hydroxyl groups excluding tert-OH is 1. The van der Waals surface area contributed by atoms with Crippen LogP contribution in [0.3, 0.4) is 0 Å². The van der Waals surface area contributed by atoms with Crippen LogP contribution in [0.4, 0.5) is 0 Å². The summed E-state index contributed by atoms with van der Waals surface area (Å²) in [5.41, 5.74) is 7.63. The standard InChI is InChI=1S/C13H21NO2/c1-10-4-3-5-11(2)13(10)16-9-7-12(15)6-8-14/h3-5,12,15H,6-9,14H2,1-2H3. The first-order chi connectivity index (χ1) is 7.65. The van der Waals surface area contributed by atoms with Gasteiger partial charge in [-0.1, -0.05) is 18.2 Å². The van der Waals surface area contributed by atoms with Crippen molar-refractivity contribution in [3.05, 3.63) is 29.3 Å². The number of rotatable bonds is 6. The number of nitrogens with two attached hydrogens (primary N) is 1. The Kier molecular flexibility index (Phi) is 5.29. The lowest BCUT2D eigenvalue weighted by Gasteiger charge is -2.13. The highest BCUT2D eigenvalue weighted by Gasteiger charge is 2.06. The third kappa shape index (κ3) is 3.83. The Morgan fingerprint density at radius 1 is 1.25 bits per heavy atom. The molecule has 0 aromatic heterocycles. The van der Waals surface area contributed by atoms with Crippen LogP contribution >= 0.6 is 0 Å². The largest absolute Gasteiger partial charge is 0.493 e. The summed E-state index contributed by atoms with van der Waals surface area (Å²) < 4.78 is 5.68. The van der Waals surface area contributed by atoms with Gasteiger partial charge >= 0.3 is 0 Å². The minimum absolute atomic E-state index is 0.352. The second-order valence-corrected chi connectivity index (χ2v) is 4.09. The number of aryl methyl sites for hydroxylation is 2. The topological polar surface area (TPSA) is 55.5 Å². The van der Waals surface area contributed by atoms with Crippen LogP contribution in [0.15, 0.2) is 18.2 Å². The number of aliphatic hydroxyl groups is 1. The van der Waals surface area contributed by atoms with E-state index in [-0.39, 0.29) is 6.10 Å². The average molecular weight is 223 g/mol. The lowest BCUT2D eigenvalue weighted by Crippen LogP contribution is -2.16. The molecule has 1 aromatic carbocycles. The van der Waals surface area contributed by atoms with Crippen molar-refractivity contribution in [2.75, 3.05) is 13.2 Å². The minimum Gasteiger partial charge on any atom is -0.493 e. The van der Waals surface area contributed by atoms with Crippen LogP contribution in [-0.2, 0) is 0 Å². The Hall–Kier alpha value is -1.06. The Labute approximate surface area is 97.2 Å². The molecule has 16 heavy (non-hydrogen) atoms. The molecule has 1 unspecified atom stereocenters. The fraction of sp³-hybridized carbons (Fsp3) is 0.538. The number of hydrogen-bond acceptors (Lipinski definition) is 3. The molecule has 0 fully saturated rings. The van der Waals surface area contributed by atoms with Crippen LogP contribution in [0.2, 0.25) is 0 Å². The van der Waals surface area contributed by atoms with Gasteiger partial charge in [0.05, 0.1) is 12.7 Å². The van der Waals surface area contributed by atoms with E-state index in [0.29, 0.717) is 26.0 Å². The molecular formula is C13H21NO2. The molecule has 3 nitrogen and oxygen atoms in total. The van der Waals surface area contributed by atoms with Crippen molar-refractivity contribution in [2.45, 2.75) is 32.8 Å². The smallest absolute Gasteiger partial charge is 0.125 e. The quantitative estimate of drug-likeness (QED) is 0.773. The van der Waals surface area contributed by atoms with Gasteiger partial charge in [0.2, 0.25) is 0 Å². The fourth-order valence-corrected chi connectivity index (χ4v) is 1.66. The van der Waals surface area contributed by atoms with Gasteiger partial charge in [0.25, 0.3) is 0 Å². The van der Waals surface area contributed by atoms with Crippen molar-refractivity contribution in [3.8, 4) is 5.75 Å². The maximum Gasteiger partial charge on any atom is 0.125 e. The molecule has 1 aromatic rings. The van der Waals surface area contributed by atoms with Crippen molar-refractivity contribution in [1.82, 2.24) is 0 Å². The molecule has 3 N–H and O–H groups in total. The summed E-state index contributed by atoms with van der Waals surface area (Å²) in [5, 5.41) is 9.51. The Bertz CT molecular complexity index is 305. The highest BCUT2D eigenvalue weighted by molar-refractivity contribution is 5.39. The van der Waals surface area contributed by atoms with Gasteiger partial charge in [-0.05, 0) is 37.9 Å². The lowest BCUT2D eigenvalue weighted by molar-refractivity contribution is 0.132. The third-order valence-electron chi connectivity index (χ3n) is 2.61. The van der Waals surface area contributed by atoms with E-state index >= 15 is 0 Å². The van der Waals surface area contributed by atoms with Gasteiger partial charge in [-0.15, -0.1) is 0 Å². The lowest BCUT2D eigenvalue weighted by atomic mass is 10.1. The van der Waals surface area contributed by atoms with E-state index in [1.54, 1.807) is 0 Å². The van der Waals surface area contributed by atoms with E-state index in [1.807, 2.05) is 32.0 Å². The van der Waals surface area contributed by atoms with Crippen LogP contribution in [0.25, 0.3) is 0 Å². The van der Waals surface area contributed by atoms with Crippen molar-refractivity contribution >= 4 is 0 Å². The molecule has 0 saturated heterocycles. The summed E-state index contributed by atoms with van der Waals surface area (Å²) in [5.74, 6) is 0.933. The molecule has 0 aliphatic carbocycles. The second kappa shape index (κ2) is 6.51. The molecule has 1 atom stereocenters. The van der Waals surface area contributed by atoms with E-state index in [4.69, 9.17) is 10.5 Å². The predicted molar refractivity (Wildman–Crippen MR) is 65.7 cm³/mol. The van der Waals surface area contributed by atoms with Crippen LogP contribution in [0, 0.1) is 13.8 Å². The second-order valence-electron chi connectivity index (χ2n) is 4.09. The summed E-state index contributed by atoms with van der Waals surface area (Å²) in [4.78, 5) is 0. The summed E-state index contributed by atoms with van der Waals surface area (Å²) >= 11 is 0. The molecule has 0 aliphatic rings. The molecule has 0 heterocycles. The number of ether oxygens (including phenoxy) is 1. The highest BCUT2D eigenvalue weighted by atomic mass is 16.5. The van der Waals surface area contributed by atoms with E-state index in [1.165, 1.54) is 0 Å². The summed E-state index contributed by atoms with van der Waals surface area (Å²) in [6.45, 7) is 5.11. The average Bonchev–Trinajstić information content (AvgIpc) is 2.23. The van der Waals surface area contributed by atoms with Gasteiger partial charge in [-0.3, -0.25) is 0 Å². The molecule has 0 bridgehead atoms. The van der Waals surface area contributed by atoms with Gasteiger partial charge < -0.3 is 15.6 Å². The van der Waals surface area contributed by atoms with Crippen LogP contribution in [0.5, 0.6) is 5.75 Å². The van der Waals surface area contributed by atoms with Crippen molar-refractivity contribution < 1.29 is 9.84 Å². The van der Waals surface area contributed by atoms with Crippen LogP contribution in [-0.4, -0.2) is 24.4 Å².